The number of hydrogen-bond acceptors (Lipinski definition) is 8. The lowest BCUT2D eigenvalue weighted by atomic mass is 9.98. The molecule has 3 heterocycles. The van der Waals surface area contributed by atoms with Crippen LogP contribution in [-0.4, -0.2) is 52.4 Å². The normalized spacial score (nSPS) is 14.6. The number of rotatable bonds is 9. The van der Waals surface area contributed by atoms with Gasteiger partial charge >= 0.3 is 0 Å². The molecular weight excluding hydrogens is 398 g/mol. The number of aromatic amines is 1. The minimum absolute atomic E-state index is 0.0470. The summed E-state index contributed by atoms with van der Waals surface area (Å²) < 4.78 is 5.30. The number of hydrogen-bond donors (Lipinski definition) is 4. The SMILES string of the molecule is O=C(CCc1nc(C2CCNCC2)no1)NCCCNc1n[nH]c(=O)c2ccccc12. The Morgan fingerprint density at radius 3 is 2.81 bits per heavy atom. The maximum atomic E-state index is 12.1. The molecule has 0 unspecified atom stereocenters. The maximum Gasteiger partial charge on any atom is 0.272 e. The Morgan fingerprint density at radius 2 is 1.97 bits per heavy atom. The van der Waals surface area contributed by atoms with E-state index in [-0.39, 0.29) is 11.5 Å². The Labute approximate surface area is 179 Å². The fraction of sp³-hybridized carbons (Fsp3) is 0.476. The summed E-state index contributed by atoms with van der Waals surface area (Å²) in [5, 5.41) is 21.4. The molecule has 1 aliphatic heterocycles. The molecule has 0 saturated carbocycles. The van der Waals surface area contributed by atoms with Crippen molar-refractivity contribution >= 4 is 22.5 Å². The number of nitrogens with one attached hydrogen (secondary N) is 4. The number of fused-ring (bicyclic) bond motifs is 1. The van der Waals surface area contributed by atoms with Gasteiger partial charge in [0.05, 0.1) is 5.39 Å². The highest BCUT2D eigenvalue weighted by molar-refractivity contribution is 5.90. The number of piperidine rings is 1. The van der Waals surface area contributed by atoms with E-state index in [0.29, 0.717) is 48.9 Å². The van der Waals surface area contributed by atoms with Crippen LogP contribution in [0.3, 0.4) is 0 Å². The molecule has 1 aromatic carbocycles. The van der Waals surface area contributed by atoms with Gasteiger partial charge in [-0.1, -0.05) is 23.4 Å². The summed E-state index contributed by atoms with van der Waals surface area (Å²) in [5.41, 5.74) is -0.211. The molecule has 1 aliphatic rings. The number of carbonyl (C=O) groups excluding carboxylic acids is 1. The van der Waals surface area contributed by atoms with Crippen molar-refractivity contribution in [1.82, 2.24) is 31.0 Å². The van der Waals surface area contributed by atoms with Crippen molar-refractivity contribution in [2.24, 2.45) is 0 Å². The zero-order chi connectivity index (χ0) is 21.5. The van der Waals surface area contributed by atoms with Crippen LogP contribution in [0.2, 0.25) is 0 Å². The lowest BCUT2D eigenvalue weighted by molar-refractivity contribution is -0.121. The highest BCUT2D eigenvalue weighted by Gasteiger charge is 2.20. The maximum absolute atomic E-state index is 12.1. The molecular formula is C21H27N7O3. The molecule has 1 amide bonds. The minimum Gasteiger partial charge on any atom is -0.368 e. The van der Waals surface area contributed by atoms with Crippen LogP contribution in [0, 0.1) is 0 Å². The first-order chi connectivity index (χ1) is 15.2. The van der Waals surface area contributed by atoms with E-state index in [1.165, 1.54) is 0 Å². The average Bonchev–Trinajstić information content (AvgIpc) is 3.29. The number of amides is 1. The second kappa shape index (κ2) is 10.2. The fourth-order valence-electron chi connectivity index (χ4n) is 3.70. The molecule has 2 aromatic heterocycles. The van der Waals surface area contributed by atoms with Crippen molar-refractivity contribution in [1.29, 1.82) is 0 Å². The van der Waals surface area contributed by atoms with Crippen LogP contribution < -0.4 is 21.5 Å². The van der Waals surface area contributed by atoms with Crippen LogP contribution in [0.1, 0.15) is 43.3 Å². The van der Waals surface area contributed by atoms with Gasteiger partial charge in [-0.2, -0.15) is 10.1 Å². The molecule has 10 heteroatoms. The van der Waals surface area contributed by atoms with Crippen molar-refractivity contribution in [3.05, 3.63) is 46.3 Å². The molecule has 0 atom stereocenters. The first kappa shape index (κ1) is 21.0. The lowest BCUT2D eigenvalue weighted by Gasteiger charge is -2.18. The topological polar surface area (TPSA) is 138 Å². The Hall–Kier alpha value is -3.27. The first-order valence-electron chi connectivity index (χ1n) is 10.7. The highest BCUT2D eigenvalue weighted by atomic mass is 16.5. The minimum atomic E-state index is -0.211. The molecule has 4 N–H and O–H groups in total. The number of aryl methyl sites for hydroxylation is 1. The number of anilines is 1. The molecule has 0 bridgehead atoms. The van der Waals surface area contributed by atoms with Gasteiger partial charge in [0.2, 0.25) is 11.8 Å². The summed E-state index contributed by atoms with van der Waals surface area (Å²) in [5.74, 6) is 2.19. The molecule has 1 saturated heterocycles. The molecule has 4 rings (SSSR count). The number of aromatic nitrogens is 4. The van der Waals surface area contributed by atoms with E-state index in [0.717, 1.165) is 43.6 Å². The van der Waals surface area contributed by atoms with Gasteiger partial charge in [-0.3, -0.25) is 9.59 Å². The van der Waals surface area contributed by atoms with Crippen molar-refractivity contribution in [3.8, 4) is 0 Å². The quantitative estimate of drug-likeness (QED) is 0.377. The Kier molecular flexibility index (Phi) is 6.88. The van der Waals surface area contributed by atoms with E-state index >= 15 is 0 Å². The second-order valence-electron chi connectivity index (χ2n) is 7.65. The third kappa shape index (κ3) is 5.46. The zero-order valence-electron chi connectivity index (χ0n) is 17.3. The van der Waals surface area contributed by atoms with Crippen molar-refractivity contribution in [3.63, 3.8) is 0 Å². The van der Waals surface area contributed by atoms with Crippen LogP contribution in [0.4, 0.5) is 5.82 Å². The van der Waals surface area contributed by atoms with Gasteiger partial charge in [0.25, 0.3) is 5.56 Å². The Balaban J connectivity index is 1.16. The summed E-state index contributed by atoms with van der Waals surface area (Å²) in [7, 11) is 0. The van der Waals surface area contributed by atoms with E-state index in [1.807, 2.05) is 18.2 Å². The van der Waals surface area contributed by atoms with Crippen LogP contribution >= 0.6 is 0 Å². The summed E-state index contributed by atoms with van der Waals surface area (Å²) in [6, 6.07) is 7.31. The second-order valence-corrected chi connectivity index (χ2v) is 7.65. The monoisotopic (exact) mass is 425 g/mol. The van der Waals surface area contributed by atoms with Crippen molar-refractivity contribution in [2.45, 2.75) is 38.0 Å². The molecule has 0 aliphatic carbocycles. The number of nitrogens with zero attached hydrogens (tertiary/aromatic N) is 3. The van der Waals surface area contributed by atoms with Gasteiger partial charge in [-0.15, -0.1) is 0 Å². The Bertz CT molecular complexity index is 1070. The molecule has 0 spiro atoms. The summed E-state index contributed by atoms with van der Waals surface area (Å²) in [6.45, 7) is 3.10. The predicted octanol–water partition coefficient (Wildman–Crippen LogP) is 1.32. The van der Waals surface area contributed by atoms with E-state index in [1.54, 1.807) is 6.07 Å². The smallest absolute Gasteiger partial charge is 0.272 e. The number of carbonyl (C=O) groups is 1. The summed E-state index contributed by atoms with van der Waals surface area (Å²) >= 11 is 0. The highest BCUT2D eigenvalue weighted by Crippen LogP contribution is 2.22. The van der Waals surface area contributed by atoms with Crippen LogP contribution in [-0.2, 0) is 11.2 Å². The summed E-state index contributed by atoms with van der Waals surface area (Å²) in [6.07, 6.45) is 3.50. The Morgan fingerprint density at radius 1 is 1.16 bits per heavy atom. The van der Waals surface area contributed by atoms with Crippen LogP contribution in [0.5, 0.6) is 0 Å². The van der Waals surface area contributed by atoms with Gasteiger partial charge in [-0.05, 0) is 38.4 Å². The first-order valence-corrected chi connectivity index (χ1v) is 10.7. The standard InChI is InChI=1S/C21H27N7O3/c29-17(6-7-18-25-19(28-31-18)14-8-12-22-13-9-14)23-10-3-11-24-20-15-4-1-2-5-16(15)21(30)27-26-20/h1-2,4-5,14,22H,3,6-13H2,(H,23,29)(H,24,26)(H,27,30). The molecule has 3 aromatic rings. The van der Waals surface area contributed by atoms with E-state index < -0.39 is 0 Å². The van der Waals surface area contributed by atoms with Crippen molar-refractivity contribution < 1.29 is 9.32 Å². The van der Waals surface area contributed by atoms with Crippen molar-refractivity contribution in [2.75, 3.05) is 31.5 Å². The number of H-pyrrole nitrogens is 1. The van der Waals surface area contributed by atoms with E-state index in [9.17, 15) is 9.59 Å². The largest absolute Gasteiger partial charge is 0.368 e. The third-order valence-electron chi connectivity index (χ3n) is 5.42. The molecule has 0 radical (unpaired) electrons. The number of benzene rings is 1. The molecule has 1 fully saturated rings. The predicted molar refractivity (Wildman–Crippen MR) is 116 cm³/mol. The van der Waals surface area contributed by atoms with Gasteiger partial charge in [-0.25, -0.2) is 5.10 Å². The van der Waals surface area contributed by atoms with Crippen LogP contribution in [0.25, 0.3) is 10.8 Å². The molecule has 164 valence electrons. The zero-order valence-corrected chi connectivity index (χ0v) is 17.3. The van der Waals surface area contributed by atoms with E-state index in [4.69, 9.17) is 4.52 Å². The third-order valence-corrected chi connectivity index (χ3v) is 5.42. The molecule has 31 heavy (non-hydrogen) atoms. The van der Waals surface area contributed by atoms with Gasteiger partial charge in [0, 0.05) is 37.2 Å². The van der Waals surface area contributed by atoms with Crippen LogP contribution in [0.15, 0.2) is 33.6 Å². The van der Waals surface area contributed by atoms with Gasteiger partial charge < -0.3 is 20.5 Å². The fourth-order valence-corrected chi connectivity index (χ4v) is 3.70. The van der Waals surface area contributed by atoms with Gasteiger partial charge in [0.1, 0.15) is 0 Å². The van der Waals surface area contributed by atoms with E-state index in [2.05, 4.69) is 36.3 Å². The summed E-state index contributed by atoms with van der Waals surface area (Å²) in [4.78, 5) is 28.4. The van der Waals surface area contributed by atoms with Gasteiger partial charge in [0.15, 0.2) is 11.6 Å². The molecule has 10 nitrogen and oxygen atoms in total. The average molecular weight is 425 g/mol. The lowest BCUT2D eigenvalue weighted by Crippen LogP contribution is -2.27.